The van der Waals surface area contributed by atoms with E-state index in [1.807, 2.05) is 33.8 Å². The van der Waals surface area contributed by atoms with Gasteiger partial charge in [-0.15, -0.1) is 0 Å². The summed E-state index contributed by atoms with van der Waals surface area (Å²) in [6.45, 7) is 14.9. The van der Waals surface area contributed by atoms with Gasteiger partial charge in [-0.25, -0.2) is 4.98 Å². The molecule has 13 N–H and O–H groups in total. The van der Waals surface area contributed by atoms with Crippen LogP contribution in [-0.4, -0.2) is 165 Å². The number of imidazole rings is 1. The highest BCUT2D eigenvalue weighted by molar-refractivity contribution is 6.00. The number of fused-ring (bicyclic) bond motifs is 2. The van der Waals surface area contributed by atoms with Crippen molar-refractivity contribution in [2.45, 2.75) is 193 Å². The van der Waals surface area contributed by atoms with Crippen LogP contribution in [0.2, 0.25) is 0 Å². The number of hydrogen-bond acceptors (Lipinski definition) is 13. The molecule has 0 radical (unpaired) electrons. The number of amides is 10. The summed E-state index contributed by atoms with van der Waals surface area (Å²) in [5.41, 5.74) is 13.0. The van der Waals surface area contributed by atoms with E-state index in [2.05, 4.69) is 52.5 Å². The minimum atomic E-state index is -1.27. The van der Waals surface area contributed by atoms with Crippen molar-refractivity contribution in [1.82, 2.24) is 62.3 Å². The van der Waals surface area contributed by atoms with Crippen LogP contribution in [-0.2, 0) is 60.8 Å². The topological polar surface area (TPSA) is 354 Å². The predicted octanol–water partition coefficient (Wildman–Crippen LogP) is -0.0491. The van der Waals surface area contributed by atoms with Crippen LogP contribution < -0.4 is 54.0 Å². The lowest BCUT2D eigenvalue weighted by molar-refractivity contribution is -0.143. The molecule has 0 saturated carbocycles. The number of aromatic nitrogens is 2. The Bertz CT molecular complexity index is 2460. The second-order valence-electron chi connectivity index (χ2n) is 23.3. The van der Waals surface area contributed by atoms with Crippen LogP contribution >= 0.6 is 0 Å². The predicted molar refractivity (Wildman–Crippen MR) is 303 cm³/mol. The van der Waals surface area contributed by atoms with Crippen LogP contribution in [0.4, 0.5) is 0 Å². The number of rotatable bonds is 16. The third-order valence-corrected chi connectivity index (χ3v) is 15.0. The zero-order valence-electron chi connectivity index (χ0n) is 48.5. The van der Waals surface area contributed by atoms with Crippen LogP contribution in [0.3, 0.4) is 0 Å². The van der Waals surface area contributed by atoms with Crippen LogP contribution in [0, 0.1) is 23.7 Å². The summed E-state index contributed by atoms with van der Waals surface area (Å²) >= 11 is 0. The molecule has 0 bridgehead atoms. The zero-order valence-corrected chi connectivity index (χ0v) is 48.5. The average Bonchev–Trinajstić information content (AvgIpc) is 4.41. The van der Waals surface area contributed by atoms with Crippen LogP contribution in [0.5, 0.6) is 0 Å². The van der Waals surface area contributed by atoms with Crippen molar-refractivity contribution in [3.63, 3.8) is 0 Å². The molecule has 24 nitrogen and oxygen atoms in total. The summed E-state index contributed by atoms with van der Waals surface area (Å²) in [6.07, 6.45) is 5.19. The number of carbonyl (C=O) groups excluding carboxylic acids is 10. The number of nitrogens with zero attached hydrogens (tertiary/aromatic N) is 3. The Morgan fingerprint density at radius 1 is 0.494 bits per heavy atom. The van der Waals surface area contributed by atoms with E-state index >= 15 is 0 Å². The first-order valence-corrected chi connectivity index (χ1v) is 29.0. The van der Waals surface area contributed by atoms with Crippen LogP contribution in [0.15, 0.2) is 42.9 Å². The Kier molecular flexibility index (Phi) is 25.1. The number of hydrogen-bond donors (Lipinski definition) is 11. The third kappa shape index (κ3) is 18.8. The van der Waals surface area contributed by atoms with E-state index in [0.29, 0.717) is 36.9 Å². The van der Waals surface area contributed by atoms with Gasteiger partial charge in [0.1, 0.15) is 60.4 Å². The Labute approximate surface area is 476 Å². The lowest BCUT2D eigenvalue weighted by atomic mass is 9.99. The SMILES string of the molecule is CC(C)C[C@@H]1NC(=O)[C@H](CCCN)NC(=O)[C@H](C(C)C)NC(=O)[C@@H]2CCCN2C(=O)[C@@H](Cc2cnc[nH]2)NC(=O)[C@H](CC(C)C)NC(=O)[C@@H](CCCN)NC(=O)[C@H](C(C)C)NC(=O)[C@@H]2CCCN2C(=O)[C@@H](Cc2ccccc2)NC1=O. The molecule has 1 aromatic carbocycles. The van der Waals surface area contributed by atoms with Crippen molar-refractivity contribution in [2.75, 3.05) is 26.2 Å². The van der Waals surface area contributed by atoms with E-state index < -0.39 is 131 Å². The molecule has 0 aliphatic carbocycles. The fraction of sp³-hybridized carbons (Fsp3) is 0.667. The first kappa shape index (κ1) is 64.9. The number of benzene rings is 1. The maximum absolute atomic E-state index is 14.9. The van der Waals surface area contributed by atoms with Gasteiger partial charge in [0.15, 0.2) is 0 Å². The molecule has 81 heavy (non-hydrogen) atoms. The Morgan fingerprint density at radius 3 is 1.27 bits per heavy atom. The Morgan fingerprint density at radius 2 is 0.889 bits per heavy atom. The zero-order chi connectivity index (χ0) is 59.5. The lowest BCUT2D eigenvalue weighted by Crippen LogP contribution is -2.62. The summed E-state index contributed by atoms with van der Waals surface area (Å²) in [5.74, 6) is -7.91. The van der Waals surface area contributed by atoms with Gasteiger partial charge in [0.2, 0.25) is 59.1 Å². The van der Waals surface area contributed by atoms with Gasteiger partial charge in [0.05, 0.1) is 6.33 Å². The normalized spacial score (nSPS) is 26.8. The van der Waals surface area contributed by atoms with Gasteiger partial charge in [-0.2, -0.15) is 0 Å². The van der Waals surface area contributed by atoms with E-state index in [4.69, 9.17) is 11.5 Å². The van der Waals surface area contributed by atoms with Gasteiger partial charge in [-0.3, -0.25) is 47.9 Å². The second-order valence-corrected chi connectivity index (χ2v) is 23.3. The summed E-state index contributed by atoms with van der Waals surface area (Å²) in [7, 11) is 0. The molecule has 10 atom stereocenters. The van der Waals surface area contributed by atoms with E-state index in [-0.39, 0.29) is 89.4 Å². The van der Waals surface area contributed by atoms with Crippen molar-refractivity contribution in [3.8, 4) is 0 Å². The quantitative estimate of drug-likeness (QED) is 0.105. The maximum Gasteiger partial charge on any atom is 0.246 e. The molecular formula is C57H90N14O10. The summed E-state index contributed by atoms with van der Waals surface area (Å²) in [6, 6.07) is -2.85. The van der Waals surface area contributed by atoms with Gasteiger partial charge in [0, 0.05) is 37.8 Å². The molecule has 3 fully saturated rings. The Hall–Kier alpha value is -6.95. The van der Waals surface area contributed by atoms with E-state index in [1.165, 1.54) is 22.3 Å². The van der Waals surface area contributed by atoms with Crippen molar-refractivity contribution in [3.05, 3.63) is 54.1 Å². The molecule has 3 saturated heterocycles. The van der Waals surface area contributed by atoms with Gasteiger partial charge in [0.25, 0.3) is 0 Å². The third-order valence-electron chi connectivity index (χ3n) is 15.0. The molecule has 4 heterocycles. The fourth-order valence-electron chi connectivity index (χ4n) is 10.6. The molecule has 10 amide bonds. The first-order chi connectivity index (χ1) is 38.5. The fourth-order valence-corrected chi connectivity index (χ4v) is 10.6. The molecule has 3 aliphatic heterocycles. The summed E-state index contributed by atoms with van der Waals surface area (Å²) in [4.78, 5) is 155. The molecule has 24 heteroatoms. The maximum atomic E-state index is 14.9. The highest BCUT2D eigenvalue weighted by atomic mass is 16.2. The molecule has 1 aromatic heterocycles. The molecular weight excluding hydrogens is 1040 g/mol. The number of nitrogens with two attached hydrogens (primary N) is 2. The number of H-pyrrole nitrogens is 1. The van der Waals surface area contributed by atoms with Gasteiger partial charge in [-0.05, 0) is 107 Å². The molecule has 5 rings (SSSR count). The summed E-state index contributed by atoms with van der Waals surface area (Å²) < 4.78 is 0. The molecule has 0 spiro atoms. The molecule has 3 aliphatic rings. The second kappa shape index (κ2) is 31.3. The largest absolute Gasteiger partial charge is 0.348 e. The van der Waals surface area contributed by atoms with Crippen molar-refractivity contribution in [1.29, 1.82) is 0 Å². The molecule has 448 valence electrons. The van der Waals surface area contributed by atoms with E-state index in [1.54, 1.807) is 52.0 Å². The minimum Gasteiger partial charge on any atom is -0.348 e. The minimum absolute atomic E-state index is 0.0254. The van der Waals surface area contributed by atoms with Crippen molar-refractivity contribution >= 4 is 59.1 Å². The monoisotopic (exact) mass is 1130 g/mol. The van der Waals surface area contributed by atoms with Crippen molar-refractivity contribution < 1.29 is 47.9 Å². The van der Waals surface area contributed by atoms with E-state index in [0.717, 1.165) is 0 Å². The van der Waals surface area contributed by atoms with Gasteiger partial charge in [-0.1, -0.05) is 85.7 Å². The number of aromatic amines is 1. The number of nitrogens with one attached hydrogen (secondary N) is 9. The highest BCUT2D eigenvalue weighted by Gasteiger charge is 2.43. The van der Waals surface area contributed by atoms with E-state index in [9.17, 15) is 47.9 Å². The summed E-state index contributed by atoms with van der Waals surface area (Å²) in [5, 5.41) is 22.7. The molecule has 2 aromatic rings. The van der Waals surface area contributed by atoms with Crippen LogP contribution in [0.25, 0.3) is 0 Å². The lowest BCUT2D eigenvalue weighted by Gasteiger charge is -2.33. The highest BCUT2D eigenvalue weighted by Crippen LogP contribution is 2.23. The molecule has 0 unspecified atom stereocenters. The van der Waals surface area contributed by atoms with Crippen LogP contribution in [0.1, 0.15) is 131 Å². The first-order valence-electron chi connectivity index (χ1n) is 29.0. The Balaban J connectivity index is 1.58. The van der Waals surface area contributed by atoms with Gasteiger partial charge >= 0.3 is 0 Å². The standard InChI is InChI=1S/C57H90N14O10/c1-32(2)26-40-50(74)66-42(28-36-16-10-9-11-17-36)56(80)70-24-14-20-44(70)52(76)68-46(34(5)6)54(78)63-39(19-13-23-59)49(73)65-41(27-33(3)4)51(75)67-43(29-37-30-60-31-61-37)57(81)71-25-15-21-45(71)53(77)69-47(35(7)8)55(79)62-38(18-12-22-58)48(72)64-40/h9-11,16-17,30-35,38-47H,12-15,18-29,58-59H2,1-8H3,(H,60,61)(H,62,79)(H,63,78)(H,64,72)(H,65,73)(H,66,74)(H,67,75)(H,68,76)(H,69,77)/t38-,39+,40-,41-,42+,43+,44-,45-,46-,47-/m0/s1. The van der Waals surface area contributed by atoms with Crippen molar-refractivity contribution in [2.24, 2.45) is 35.1 Å². The smallest absolute Gasteiger partial charge is 0.246 e. The van der Waals surface area contributed by atoms with Gasteiger partial charge < -0.3 is 68.8 Å². The number of carbonyl (C=O) groups is 10. The average molecular weight is 1130 g/mol.